The van der Waals surface area contributed by atoms with Crippen LogP contribution in [-0.4, -0.2) is 44.1 Å². The van der Waals surface area contributed by atoms with Crippen LogP contribution < -0.4 is 10.1 Å². The standard InChI is InChI=1S/C14H13N7O2/c1-21-5-11(13(20-21)23-10-6-22-7-10)18-14-16-4-8-2-9(3-15)17-12(8)19-14/h2,4-5,10H,6-7H2,1H3,(H2,16,17,18,19). The highest BCUT2D eigenvalue weighted by atomic mass is 16.6. The molecule has 0 amide bonds. The molecule has 1 aliphatic heterocycles. The second-order valence-electron chi connectivity index (χ2n) is 5.22. The van der Waals surface area contributed by atoms with E-state index in [0.717, 1.165) is 5.39 Å². The van der Waals surface area contributed by atoms with Gasteiger partial charge in [-0.3, -0.25) is 4.68 Å². The molecule has 9 heteroatoms. The fourth-order valence-electron chi connectivity index (χ4n) is 2.24. The first-order valence-corrected chi connectivity index (χ1v) is 7.02. The van der Waals surface area contributed by atoms with E-state index in [9.17, 15) is 0 Å². The Morgan fingerprint density at radius 3 is 3.13 bits per heavy atom. The van der Waals surface area contributed by atoms with Crippen molar-refractivity contribution < 1.29 is 9.47 Å². The smallest absolute Gasteiger partial charge is 0.257 e. The minimum Gasteiger partial charge on any atom is -0.467 e. The minimum atomic E-state index is 0.0236. The lowest BCUT2D eigenvalue weighted by molar-refractivity contribution is -0.0812. The number of ether oxygens (including phenoxy) is 2. The number of fused-ring (bicyclic) bond motifs is 1. The molecule has 2 N–H and O–H groups in total. The van der Waals surface area contributed by atoms with Gasteiger partial charge in [0.2, 0.25) is 5.95 Å². The summed E-state index contributed by atoms with van der Waals surface area (Å²) in [5.74, 6) is 0.875. The summed E-state index contributed by atoms with van der Waals surface area (Å²) in [5, 5.41) is 17.1. The monoisotopic (exact) mass is 311 g/mol. The second kappa shape index (κ2) is 5.26. The molecule has 116 valence electrons. The summed E-state index contributed by atoms with van der Waals surface area (Å²) in [6.07, 6.45) is 3.46. The molecule has 0 unspecified atom stereocenters. The van der Waals surface area contributed by atoms with Gasteiger partial charge in [-0.05, 0) is 6.07 Å². The Bertz CT molecular complexity index is 904. The van der Waals surface area contributed by atoms with Crippen LogP contribution in [0, 0.1) is 11.3 Å². The molecule has 23 heavy (non-hydrogen) atoms. The van der Waals surface area contributed by atoms with Gasteiger partial charge in [-0.2, -0.15) is 10.2 Å². The van der Waals surface area contributed by atoms with Gasteiger partial charge in [0.25, 0.3) is 5.88 Å². The molecule has 3 aromatic heterocycles. The van der Waals surface area contributed by atoms with Crippen molar-refractivity contribution in [2.75, 3.05) is 18.5 Å². The fourth-order valence-corrected chi connectivity index (χ4v) is 2.24. The topological polar surface area (TPSA) is 114 Å². The van der Waals surface area contributed by atoms with E-state index in [0.29, 0.717) is 42.1 Å². The van der Waals surface area contributed by atoms with Crippen molar-refractivity contribution in [3.05, 3.63) is 24.2 Å². The highest BCUT2D eigenvalue weighted by Crippen LogP contribution is 2.27. The molecule has 0 aromatic carbocycles. The van der Waals surface area contributed by atoms with E-state index in [1.165, 1.54) is 0 Å². The number of aromatic amines is 1. The van der Waals surface area contributed by atoms with Gasteiger partial charge in [0.15, 0.2) is 0 Å². The summed E-state index contributed by atoms with van der Waals surface area (Å²) >= 11 is 0. The Labute approximate surface area is 130 Å². The van der Waals surface area contributed by atoms with E-state index in [-0.39, 0.29) is 6.10 Å². The zero-order valence-electron chi connectivity index (χ0n) is 12.3. The van der Waals surface area contributed by atoms with Crippen molar-refractivity contribution in [2.24, 2.45) is 7.05 Å². The molecule has 0 atom stereocenters. The first-order valence-electron chi connectivity index (χ1n) is 7.02. The predicted octanol–water partition coefficient (Wildman–Crippen LogP) is 1.08. The number of anilines is 2. The normalized spacial score (nSPS) is 14.4. The number of nitrogens with one attached hydrogen (secondary N) is 2. The quantitative estimate of drug-likeness (QED) is 0.741. The lowest BCUT2D eigenvalue weighted by atomic mass is 10.3. The van der Waals surface area contributed by atoms with E-state index in [4.69, 9.17) is 14.7 Å². The number of hydrogen-bond donors (Lipinski definition) is 2. The Morgan fingerprint density at radius 1 is 1.52 bits per heavy atom. The van der Waals surface area contributed by atoms with Gasteiger partial charge in [-0.15, -0.1) is 5.10 Å². The summed E-state index contributed by atoms with van der Waals surface area (Å²) in [6.45, 7) is 1.13. The molecule has 0 saturated carbocycles. The molecule has 4 heterocycles. The Hall–Kier alpha value is -3.12. The van der Waals surface area contributed by atoms with E-state index < -0.39 is 0 Å². The average Bonchev–Trinajstić information content (AvgIpc) is 3.05. The number of nitriles is 1. The average molecular weight is 311 g/mol. The van der Waals surface area contributed by atoms with Crippen molar-refractivity contribution in [1.82, 2.24) is 24.7 Å². The molecule has 9 nitrogen and oxygen atoms in total. The molecule has 0 spiro atoms. The van der Waals surface area contributed by atoms with Crippen molar-refractivity contribution in [2.45, 2.75) is 6.10 Å². The molecule has 1 aliphatic rings. The van der Waals surface area contributed by atoms with Crippen LogP contribution in [0.2, 0.25) is 0 Å². The Kier molecular flexibility index (Phi) is 3.09. The lowest BCUT2D eigenvalue weighted by Crippen LogP contribution is -2.38. The molecule has 0 bridgehead atoms. The van der Waals surface area contributed by atoms with Crippen molar-refractivity contribution >= 4 is 22.7 Å². The molecular formula is C14H13N7O2. The van der Waals surface area contributed by atoms with Crippen LogP contribution in [-0.2, 0) is 11.8 Å². The lowest BCUT2D eigenvalue weighted by Gasteiger charge is -2.25. The van der Waals surface area contributed by atoms with E-state index in [1.807, 2.05) is 13.1 Å². The third-order valence-electron chi connectivity index (χ3n) is 3.42. The maximum atomic E-state index is 8.91. The summed E-state index contributed by atoms with van der Waals surface area (Å²) in [5.41, 5.74) is 1.71. The second-order valence-corrected chi connectivity index (χ2v) is 5.22. The fraction of sp³-hybridized carbons (Fsp3) is 0.286. The van der Waals surface area contributed by atoms with Crippen LogP contribution in [0.25, 0.3) is 11.0 Å². The van der Waals surface area contributed by atoms with Crippen molar-refractivity contribution in [1.29, 1.82) is 5.26 Å². The van der Waals surface area contributed by atoms with Crippen LogP contribution in [0.1, 0.15) is 5.69 Å². The Morgan fingerprint density at radius 2 is 2.39 bits per heavy atom. The van der Waals surface area contributed by atoms with Crippen LogP contribution in [0.15, 0.2) is 18.5 Å². The van der Waals surface area contributed by atoms with Crippen LogP contribution in [0.5, 0.6) is 5.88 Å². The molecule has 3 aromatic rings. The summed E-state index contributed by atoms with van der Waals surface area (Å²) in [7, 11) is 1.81. The minimum absolute atomic E-state index is 0.0236. The molecule has 4 rings (SSSR count). The molecule has 0 aliphatic carbocycles. The first kappa shape index (κ1) is 13.5. The number of nitrogens with zero attached hydrogens (tertiary/aromatic N) is 5. The number of aryl methyl sites for hydroxylation is 1. The van der Waals surface area contributed by atoms with Gasteiger partial charge in [-0.1, -0.05) is 0 Å². The van der Waals surface area contributed by atoms with Crippen LogP contribution in [0.4, 0.5) is 11.6 Å². The van der Waals surface area contributed by atoms with Gasteiger partial charge >= 0.3 is 0 Å². The largest absolute Gasteiger partial charge is 0.467 e. The van der Waals surface area contributed by atoms with Crippen molar-refractivity contribution in [3.8, 4) is 11.9 Å². The van der Waals surface area contributed by atoms with E-state index >= 15 is 0 Å². The summed E-state index contributed by atoms with van der Waals surface area (Å²) in [4.78, 5) is 11.5. The predicted molar refractivity (Wildman–Crippen MR) is 80.3 cm³/mol. The number of rotatable bonds is 4. The summed E-state index contributed by atoms with van der Waals surface area (Å²) in [6, 6.07) is 3.75. The third-order valence-corrected chi connectivity index (χ3v) is 3.42. The number of H-pyrrole nitrogens is 1. The molecular weight excluding hydrogens is 298 g/mol. The SMILES string of the molecule is Cn1cc(Nc2ncc3cc(C#N)[nH]c3n2)c(OC2COC2)n1. The molecule has 1 fully saturated rings. The highest BCUT2D eigenvalue weighted by molar-refractivity contribution is 5.78. The van der Waals surface area contributed by atoms with Crippen LogP contribution in [0.3, 0.4) is 0 Å². The van der Waals surface area contributed by atoms with E-state index in [1.54, 1.807) is 23.1 Å². The maximum Gasteiger partial charge on any atom is 0.257 e. The number of aromatic nitrogens is 5. The Balaban J connectivity index is 1.61. The van der Waals surface area contributed by atoms with Gasteiger partial charge < -0.3 is 19.8 Å². The zero-order chi connectivity index (χ0) is 15.8. The third kappa shape index (κ3) is 2.56. The molecule has 1 saturated heterocycles. The first-order chi connectivity index (χ1) is 11.2. The maximum absolute atomic E-state index is 8.91. The highest BCUT2D eigenvalue weighted by Gasteiger charge is 2.23. The van der Waals surface area contributed by atoms with Gasteiger partial charge in [0, 0.05) is 18.6 Å². The van der Waals surface area contributed by atoms with E-state index in [2.05, 4.69) is 25.4 Å². The summed E-state index contributed by atoms with van der Waals surface area (Å²) < 4.78 is 12.5. The zero-order valence-corrected chi connectivity index (χ0v) is 12.3. The van der Waals surface area contributed by atoms with Crippen molar-refractivity contribution in [3.63, 3.8) is 0 Å². The number of hydrogen-bond acceptors (Lipinski definition) is 7. The van der Waals surface area contributed by atoms with Gasteiger partial charge in [-0.25, -0.2) is 4.98 Å². The molecule has 0 radical (unpaired) electrons. The van der Waals surface area contributed by atoms with Gasteiger partial charge in [0.1, 0.15) is 29.2 Å². The van der Waals surface area contributed by atoms with Gasteiger partial charge in [0.05, 0.1) is 19.4 Å². The van der Waals surface area contributed by atoms with Crippen LogP contribution >= 0.6 is 0 Å².